The SMILES string of the molecule is CC1(Cn2c(=S)[nH]c3cc(Br)cnc32)CCC1. The number of H-pyrrole nitrogens is 1. The number of pyridine rings is 1. The number of hydrogen-bond acceptors (Lipinski definition) is 2. The topological polar surface area (TPSA) is 33.6 Å². The molecule has 2 heterocycles. The third-order valence-electron chi connectivity index (χ3n) is 3.68. The quantitative estimate of drug-likeness (QED) is 0.849. The second kappa shape index (κ2) is 3.92. The fraction of sp³-hybridized carbons (Fsp3) is 0.500. The molecule has 0 spiro atoms. The lowest BCUT2D eigenvalue weighted by Crippen LogP contribution is -2.30. The summed E-state index contributed by atoms with van der Waals surface area (Å²) in [4.78, 5) is 7.69. The van der Waals surface area contributed by atoms with Gasteiger partial charge in [0.05, 0.1) is 5.52 Å². The van der Waals surface area contributed by atoms with Gasteiger partial charge in [0.15, 0.2) is 10.4 Å². The summed E-state index contributed by atoms with van der Waals surface area (Å²) in [5, 5.41) is 0. The first-order valence-electron chi connectivity index (χ1n) is 5.82. The maximum Gasteiger partial charge on any atom is 0.179 e. The lowest BCUT2D eigenvalue weighted by Gasteiger charge is -2.38. The molecule has 17 heavy (non-hydrogen) atoms. The van der Waals surface area contributed by atoms with Gasteiger partial charge >= 0.3 is 0 Å². The standard InChI is InChI=1S/C12H14BrN3S/c1-12(3-2-4-12)7-16-10-9(15-11(16)17)5-8(13)6-14-10/h5-6H,2-4,7H2,1H3,(H,15,17). The van der Waals surface area contributed by atoms with Gasteiger partial charge in [0.2, 0.25) is 0 Å². The van der Waals surface area contributed by atoms with Crippen LogP contribution in [0.25, 0.3) is 11.2 Å². The van der Waals surface area contributed by atoms with Crippen molar-refractivity contribution in [3.05, 3.63) is 21.5 Å². The van der Waals surface area contributed by atoms with Crippen LogP contribution >= 0.6 is 28.1 Å². The molecule has 3 rings (SSSR count). The molecule has 1 aliphatic carbocycles. The summed E-state index contributed by atoms with van der Waals surface area (Å²) < 4.78 is 3.89. The number of hydrogen-bond donors (Lipinski definition) is 1. The highest BCUT2D eigenvalue weighted by Crippen LogP contribution is 2.42. The Morgan fingerprint density at radius 2 is 2.35 bits per heavy atom. The van der Waals surface area contributed by atoms with E-state index in [4.69, 9.17) is 12.2 Å². The Kier molecular flexibility index (Phi) is 2.63. The van der Waals surface area contributed by atoms with Crippen molar-refractivity contribution in [3.8, 4) is 0 Å². The van der Waals surface area contributed by atoms with Gasteiger partial charge in [-0.05, 0) is 52.5 Å². The van der Waals surface area contributed by atoms with E-state index in [1.54, 1.807) is 0 Å². The highest BCUT2D eigenvalue weighted by atomic mass is 79.9. The van der Waals surface area contributed by atoms with Crippen molar-refractivity contribution in [1.82, 2.24) is 14.5 Å². The minimum Gasteiger partial charge on any atom is -0.329 e. The van der Waals surface area contributed by atoms with Crippen LogP contribution in [-0.2, 0) is 6.54 Å². The molecular formula is C12H14BrN3S. The van der Waals surface area contributed by atoms with E-state index in [1.165, 1.54) is 19.3 Å². The van der Waals surface area contributed by atoms with Gasteiger partial charge in [-0.25, -0.2) is 4.98 Å². The number of nitrogens with one attached hydrogen (secondary N) is 1. The Morgan fingerprint density at radius 3 is 3.00 bits per heavy atom. The van der Waals surface area contributed by atoms with Gasteiger partial charge in [0, 0.05) is 17.2 Å². The number of nitrogens with zero attached hydrogens (tertiary/aromatic N) is 2. The van der Waals surface area contributed by atoms with Crippen molar-refractivity contribution < 1.29 is 0 Å². The van der Waals surface area contributed by atoms with Crippen LogP contribution in [0.15, 0.2) is 16.7 Å². The highest BCUT2D eigenvalue weighted by Gasteiger charge is 2.32. The zero-order chi connectivity index (χ0) is 12.0. The minimum atomic E-state index is 0.405. The molecule has 2 aromatic rings. The summed E-state index contributed by atoms with van der Waals surface area (Å²) in [6, 6.07) is 2.03. The molecule has 1 N–H and O–H groups in total. The molecule has 0 bridgehead atoms. The summed E-state index contributed by atoms with van der Waals surface area (Å²) in [6.45, 7) is 3.30. The summed E-state index contributed by atoms with van der Waals surface area (Å²) in [5.41, 5.74) is 2.38. The van der Waals surface area contributed by atoms with Crippen LogP contribution in [0.4, 0.5) is 0 Å². The van der Waals surface area contributed by atoms with E-state index in [0.717, 1.165) is 27.0 Å². The molecule has 0 amide bonds. The molecule has 3 nitrogen and oxygen atoms in total. The molecule has 5 heteroatoms. The van der Waals surface area contributed by atoms with Crippen molar-refractivity contribution in [2.45, 2.75) is 32.7 Å². The predicted molar refractivity (Wildman–Crippen MR) is 74.6 cm³/mol. The van der Waals surface area contributed by atoms with Crippen molar-refractivity contribution in [2.75, 3.05) is 0 Å². The largest absolute Gasteiger partial charge is 0.329 e. The normalized spacial score (nSPS) is 18.2. The maximum atomic E-state index is 5.39. The number of rotatable bonds is 2. The molecular weight excluding hydrogens is 298 g/mol. The summed E-state index contributed by atoms with van der Waals surface area (Å²) >= 11 is 8.82. The van der Waals surface area contributed by atoms with E-state index in [9.17, 15) is 0 Å². The third-order valence-corrected chi connectivity index (χ3v) is 4.43. The number of imidazole rings is 1. The van der Waals surface area contributed by atoms with Crippen molar-refractivity contribution >= 4 is 39.3 Å². The monoisotopic (exact) mass is 311 g/mol. The Morgan fingerprint density at radius 1 is 1.59 bits per heavy atom. The average molecular weight is 312 g/mol. The van der Waals surface area contributed by atoms with E-state index in [-0.39, 0.29) is 0 Å². The number of aromatic nitrogens is 3. The van der Waals surface area contributed by atoms with Gasteiger partial charge in [0.25, 0.3) is 0 Å². The number of fused-ring (bicyclic) bond motifs is 1. The van der Waals surface area contributed by atoms with Gasteiger partial charge in [-0.3, -0.25) is 0 Å². The summed E-state index contributed by atoms with van der Waals surface area (Å²) in [5.74, 6) is 0. The van der Waals surface area contributed by atoms with E-state index in [2.05, 4.69) is 37.4 Å². The van der Waals surface area contributed by atoms with Crippen LogP contribution < -0.4 is 0 Å². The molecule has 0 aromatic carbocycles. The molecule has 0 unspecified atom stereocenters. The molecule has 1 fully saturated rings. The first kappa shape index (κ1) is 11.4. The first-order valence-corrected chi connectivity index (χ1v) is 7.02. The van der Waals surface area contributed by atoms with Crippen LogP contribution in [-0.4, -0.2) is 14.5 Å². The molecule has 0 aliphatic heterocycles. The van der Waals surface area contributed by atoms with Gasteiger partial charge in [-0.15, -0.1) is 0 Å². The second-order valence-corrected chi connectivity index (χ2v) is 6.51. The smallest absolute Gasteiger partial charge is 0.179 e. The summed E-state index contributed by atoms with van der Waals surface area (Å²) in [7, 11) is 0. The molecule has 0 radical (unpaired) electrons. The van der Waals surface area contributed by atoms with Gasteiger partial charge < -0.3 is 9.55 Å². The Hall–Kier alpha value is -0.680. The number of halogens is 1. The predicted octanol–water partition coefficient (Wildman–Crippen LogP) is 4.05. The Labute approximate surface area is 113 Å². The van der Waals surface area contributed by atoms with Crippen LogP contribution in [0.2, 0.25) is 0 Å². The number of aromatic amines is 1. The fourth-order valence-corrected chi connectivity index (χ4v) is 3.08. The van der Waals surface area contributed by atoms with E-state index < -0.39 is 0 Å². The van der Waals surface area contributed by atoms with Gasteiger partial charge in [-0.1, -0.05) is 13.3 Å². The zero-order valence-electron chi connectivity index (χ0n) is 9.66. The highest BCUT2D eigenvalue weighted by molar-refractivity contribution is 9.10. The molecule has 0 atom stereocenters. The fourth-order valence-electron chi connectivity index (χ4n) is 2.48. The van der Waals surface area contributed by atoms with Gasteiger partial charge in [0.1, 0.15) is 0 Å². The average Bonchev–Trinajstić information content (AvgIpc) is 2.52. The third kappa shape index (κ3) is 1.95. The first-order chi connectivity index (χ1) is 8.07. The minimum absolute atomic E-state index is 0.405. The summed E-state index contributed by atoms with van der Waals surface area (Å²) in [6.07, 6.45) is 5.74. The zero-order valence-corrected chi connectivity index (χ0v) is 12.1. The lowest BCUT2D eigenvalue weighted by molar-refractivity contribution is 0.133. The second-order valence-electron chi connectivity index (χ2n) is 5.21. The van der Waals surface area contributed by atoms with E-state index >= 15 is 0 Å². The lowest BCUT2D eigenvalue weighted by atomic mass is 9.70. The van der Waals surface area contributed by atoms with E-state index in [1.807, 2.05) is 12.3 Å². The molecule has 0 saturated heterocycles. The Bertz CT molecular complexity index is 624. The van der Waals surface area contributed by atoms with Crippen LogP contribution in [0.1, 0.15) is 26.2 Å². The van der Waals surface area contributed by atoms with Crippen LogP contribution in [0, 0.1) is 10.2 Å². The van der Waals surface area contributed by atoms with Crippen LogP contribution in [0.5, 0.6) is 0 Å². The van der Waals surface area contributed by atoms with E-state index in [0.29, 0.717) is 5.41 Å². The molecule has 2 aromatic heterocycles. The Balaban J connectivity index is 2.09. The van der Waals surface area contributed by atoms with Crippen molar-refractivity contribution in [3.63, 3.8) is 0 Å². The van der Waals surface area contributed by atoms with Crippen LogP contribution in [0.3, 0.4) is 0 Å². The van der Waals surface area contributed by atoms with Gasteiger partial charge in [-0.2, -0.15) is 0 Å². The van der Waals surface area contributed by atoms with Crippen molar-refractivity contribution in [2.24, 2.45) is 5.41 Å². The molecule has 1 saturated carbocycles. The molecule has 90 valence electrons. The maximum absolute atomic E-state index is 5.39. The molecule has 1 aliphatic rings. The van der Waals surface area contributed by atoms with Crippen molar-refractivity contribution in [1.29, 1.82) is 0 Å².